The van der Waals surface area contributed by atoms with Crippen molar-refractivity contribution in [2.24, 2.45) is 0 Å². The SMILES string of the molecule is COc1cc(CCC(=O)O)ccc1OCCNC(=O)OC(C)(C)C. The van der Waals surface area contributed by atoms with Gasteiger partial charge in [-0.25, -0.2) is 4.79 Å². The fourth-order valence-electron chi connectivity index (χ4n) is 1.87. The summed E-state index contributed by atoms with van der Waals surface area (Å²) in [6.07, 6.45) is -0.0166. The number of ether oxygens (including phenoxy) is 3. The van der Waals surface area contributed by atoms with E-state index < -0.39 is 17.7 Å². The third-order valence-electron chi connectivity index (χ3n) is 2.88. The lowest BCUT2D eigenvalue weighted by atomic mass is 10.1. The first-order valence-corrected chi connectivity index (χ1v) is 7.69. The predicted octanol–water partition coefficient (Wildman–Crippen LogP) is 2.62. The molecule has 0 fully saturated rings. The summed E-state index contributed by atoms with van der Waals surface area (Å²) >= 11 is 0. The lowest BCUT2D eigenvalue weighted by Crippen LogP contribution is -2.34. The molecule has 0 saturated heterocycles. The Kier molecular flexibility index (Phi) is 7.35. The Morgan fingerprint density at radius 1 is 1.21 bits per heavy atom. The Labute approximate surface area is 141 Å². The molecule has 24 heavy (non-hydrogen) atoms. The van der Waals surface area contributed by atoms with Crippen LogP contribution in [0.4, 0.5) is 4.79 Å². The van der Waals surface area contributed by atoms with E-state index in [0.29, 0.717) is 24.5 Å². The van der Waals surface area contributed by atoms with Crippen LogP contribution < -0.4 is 14.8 Å². The van der Waals surface area contributed by atoms with E-state index in [4.69, 9.17) is 19.3 Å². The Balaban J connectivity index is 2.47. The lowest BCUT2D eigenvalue weighted by Gasteiger charge is -2.19. The average molecular weight is 339 g/mol. The predicted molar refractivity (Wildman–Crippen MR) is 88.7 cm³/mol. The van der Waals surface area contributed by atoms with Crippen LogP contribution >= 0.6 is 0 Å². The van der Waals surface area contributed by atoms with Gasteiger partial charge in [0.15, 0.2) is 11.5 Å². The fourth-order valence-corrected chi connectivity index (χ4v) is 1.87. The highest BCUT2D eigenvalue weighted by Crippen LogP contribution is 2.28. The number of carboxylic acid groups (broad SMARTS) is 1. The van der Waals surface area contributed by atoms with E-state index in [0.717, 1.165) is 5.56 Å². The van der Waals surface area contributed by atoms with E-state index in [1.807, 2.05) is 0 Å². The number of alkyl carbamates (subject to hydrolysis) is 1. The first kappa shape index (κ1) is 19.6. The summed E-state index contributed by atoms with van der Waals surface area (Å²) < 4.78 is 15.9. The second-order valence-corrected chi connectivity index (χ2v) is 6.16. The number of aryl methyl sites for hydroxylation is 1. The molecule has 2 N–H and O–H groups in total. The molecule has 0 radical (unpaired) electrons. The molecule has 1 aromatic carbocycles. The Hall–Kier alpha value is -2.44. The molecular formula is C17H25NO6. The molecule has 0 aliphatic heterocycles. The van der Waals surface area contributed by atoms with Crippen LogP contribution in [0.1, 0.15) is 32.8 Å². The molecule has 7 heteroatoms. The van der Waals surface area contributed by atoms with Gasteiger partial charge in [0.05, 0.1) is 13.7 Å². The van der Waals surface area contributed by atoms with Crippen LogP contribution in [0.2, 0.25) is 0 Å². The molecular weight excluding hydrogens is 314 g/mol. The van der Waals surface area contributed by atoms with Crippen LogP contribution in [0.5, 0.6) is 11.5 Å². The maximum absolute atomic E-state index is 11.5. The molecule has 1 rings (SSSR count). The molecule has 0 unspecified atom stereocenters. The Bertz CT molecular complexity index is 565. The maximum Gasteiger partial charge on any atom is 0.407 e. The van der Waals surface area contributed by atoms with E-state index >= 15 is 0 Å². The number of carboxylic acids is 1. The molecule has 0 atom stereocenters. The minimum Gasteiger partial charge on any atom is -0.493 e. The number of aliphatic carboxylic acids is 1. The second-order valence-electron chi connectivity index (χ2n) is 6.16. The minimum absolute atomic E-state index is 0.0587. The smallest absolute Gasteiger partial charge is 0.407 e. The van der Waals surface area contributed by atoms with Crippen molar-refractivity contribution in [3.05, 3.63) is 23.8 Å². The van der Waals surface area contributed by atoms with E-state index in [2.05, 4.69) is 5.32 Å². The quantitative estimate of drug-likeness (QED) is 0.707. The summed E-state index contributed by atoms with van der Waals surface area (Å²) in [7, 11) is 1.52. The number of benzene rings is 1. The normalized spacial score (nSPS) is 10.8. The molecule has 0 saturated carbocycles. The van der Waals surface area contributed by atoms with Crippen molar-refractivity contribution in [1.82, 2.24) is 5.32 Å². The Morgan fingerprint density at radius 3 is 2.50 bits per heavy atom. The highest BCUT2D eigenvalue weighted by Gasteiger charge is 2.15. The molecule has 0 heterocycles. The van der Waals surface area contributed by atoms with Crippen molar-refractivity contribution in [2.75, 3.05) is 20.3 Å². The van der Waals surface area contributed by atoms with Gasteiger partial charge in [0.25, 0.3) is 0 Å². The van der Waals surface area contributed by atoms with Crippen molar-refractivity contribution in [3.8, 4) is 11.5 Å². The minimum atomic E-state index is -0.845. The summed E-state index contributed by atoms with van der Waals surface area (Å²) in [4.78, 5) is 22.1. The van der Waals surface area contributed by atoms with Crippen LogP contribution in [-0.4, -0.2) is 43.0 Å². The summed E-state index contributed by atoms with van der Waals surface area (Å²) in [5.41, 5.74) is 0.313. The van der Waals surface area contributed by atoms with Crippen molar-refractivity contribution in [1.29, 1.82) is 0 Å². The number of methoxy groups -OCH3 is 1. The van der Waals surface area contributed by atoms with Gasteiger partial charge in [0, 0.05) is 6.42 Å². The van der Waals surface area contributed by atoms with Gasteiger partial charge < -0.3 is 24.6 Å². The number of carbonyl (C=O) groups excluding carboxylic acids is 1. The van der Waals surface area contributed by atoms with Crippen LogP contribution in [-0.2, 0) is 16.0 Å². The van der Waals surface area contributed by atoms with Gasteiger partial charge in [-0.2, -0.15) is 0 Å². The van der Waals surface area contributed by atoms with Gasteiger partial charge in [-0.1, -0.05) is 6.07 Å². The van der Waals surface area contributed by atoms with Gasteiger partial charge in [-0.3, -0.25) is 4.79 Å². The molecule has 7 nitrogen and oxygen atoms in total. The average Bonchev–Trinajstić information content (AvgIpc) is 2.48. The summed E-state index contributed by atoms with van der Waals surface area (Å²) in [6.45, 7) is 5.92. The van der Waals surface area contributed by atoms with Crippen molar-refractivity contribution < 1.29 is 28.9 Å². The molecule has 1 aromatic rings. The molecule has 1 amide bonds. The largest absolute Gasteiger partial charge is 0.493 e. The standard InChI is InChI=1S/C17H25NO6/c1-17(2,3)24-16(21)18-9-10-23-13-7-5-12(6-8-15(19)20)11-14(13)22-4/h5,7,11H,6,8-10H2,1-4H3,(H,18,21)(H,19,20). The van der Waals surface area contributed by atoms with Crippen molar-refractivity contribution in [2.45, 2.75) is 39.2 Å². The van der Waals surface area contributed by atoms with Crippen molar-refractivity contribution >= 4 is 12.1 Å². The molecule has 134 valence electrons. The number of carbonyl (C=O) groups is 2. The van der Waals surface area contributed by atoms with Gasteiger partial charge in [0.2, 0.25) is 0 Å². The molecule has 0 aliphatic carbocycles. The highest BCUT2D eigenvalue weighted by molar-refractivity contribution is 5.67. The first-order valence-electron chi connectivity index (χ1n) is 7.69. The Morgan fingerprint density at radius 2 is 1.92 bits per heavy atom. The molecule has 0 aromatic heterocycles. The van der Waals surface area contributed by atoms with E-state index in [1.54, 1.807) is 39.0 Å². The zero-order valence-electron chi connectivity index (χ0n) is 14.5. The number of amides is 1. The van der Waals surface area contributed by atoms with Crippen LogP contribution in [0.25, 0.3) is 0 Å². The van der Waals surface area contributed by atoms with Gasteiger partial charge in [-0.15, -0.1) is 0 Å². The third-order valence-corrected chi connectivity index (χ3v) is 2.88. The molecule has 0 bridgehead atoms. The van der Waals surface area contributed by atoms with E-state index in [9.17, 15) is 9.59 Å². The zero-order chi connectivity index (χ0) is 18.2. The van der Waals surface area contributed by atoms with Crippen LogP contribution in [0.15, 0.2) is 18.2 Å². The summed E-state index contributed by atoms with van der Waals surface area (Å²) in [5, 5.41) is 11.3. The topological polar surface area (TPSA) is 94.1 Å². The second kappa shape index (κ2) is 9.00. The van der Waals surface area contributed by atoms with Gasteiger partial charge >= 0.3 is 12.1 Å². The van der Waals surface area contributed by atoms with Gasteiger partial charge in [-0.05, 0) is 44.9 Å². The number of hydrogen-bond acceptors (Lipinski definition) is 5. The molecule has 0 spiro atoms. The monoisotopic (exact) mass is 339 g/mol. The fraction of sp³-hybridized carbons (Fsp3) is 0.529. The highest BCUT2D eigenvalue weighted by atomic mass is 16.6. The third kappa shape index (κ3) is 7.71. The van der Waals surface area contributed by atoms with Gasteiger partial charge in [0.1, 0.15) is 12.2 Å². The lowest BCUT2D eigenvalue weighted by molar-refractivity contribution is -0.136. The summed E-state index contributed by atoms with van der Waals surface area (Å²) in [5.74, 6) is 0.209. The number of hydrogen-bond donors (Lipinski definition) is 2. The maximum atomic E-state index is 11.5. The van der Waals surface area contributed by atoms with Crippen LogP contribution in [0.3, 0.4) is 0 Å². The first-order chi connectivity index (χ1) is 11.2. The van der Waals surface area contributed by atoms with Crippen molar-refractivity contribution in [3.63, 3.8) is 0 Å². The summed E-state index contributed by atoms with van der Waals surface area (Å²) in [6, 6.07) is 5.27. The van der Waals surface area contributed by atoms with Crippen LogP contribution in [0, 0.1) is 0 Å². The number of rotatable bonds is 8. The zero-order valence-corrected chi connectivity index (χ0v) is 14.5. The number of nitrogens with one attached hydrogen (secondary N) is 1. The van der Waals surface area contributed by atoms with E-state index in [-0.39, 0.29) is 13.0 Å². The van der Waals surface area contributed by atoms with E-state index in [1.165, 1.54) is 7.11 Å². The molecule has 0 aliphatic rings.